The Balaban J connectivity index is 1.69. The smallest absolute Gasteiger partial charge is 0.419 e. The van der Waals surface area contributed by atoms with Crippen LogP contribution in [0.15, 0.2) is 40.9 Å². The Labute approximate surface area is 178 Å². The predicted octanol–water partition coefficient (Wildman–Crippen LogP) is 4.16. The fraction of sp³-hybridized carbons (Fsp3) is 0.350. The maximum Gasteiger partial charge on any atom is 0.419 e. The van der Waals surface area contributed by atoms with Crippen molar-refractivity contribution in [1.29, 1.82) is 0 Å². The van der Waals surface area contributed by atoms with E-state index in [0.29, 0.717) is 24.5 Å². The summed E-state index contributed by atoms with van der Waals surface area (Å²) in [7, 11) is 0. The number of aliphatic hydroxyl groups excluding tert-OH is 1. The molecule has 3 rings (SSSR count). The third-order valence-electron chi connectivity index (χ3n) is 4.54. The monoisotopic (exact) mass is 491 g/mol. The molecule has 1 fully saturated rings. The van der Waals surface area contributed by atoms with Gasteiger partial charge in [-0.2, -0.15) is 13.2 Å². The van der Waals surface area contributed by atoms with Crippen LogP contribution in [0.5, 0.6) is 5.75 Å². The molecule has 2 aromatic carbocycles. The van der Waals surface area contributed by atoms with Gasteiger partial charge < -0.3 is 19.5 Å². The van der Waals surface area contributed by atoms with Gasteiger partial charge in [0, 0.05) is 17.6 Å². The first-order valence-electron chi connectivity index (χ1n) is 8.99. The van der Waals surface area contributed by atoms with Crippen LogP contribution in [0.25, 0.3) is 0 Å². The molecule has 0 radical (unpaired) electrons. The normalized spacial score (nSPS) is 14.4. The molecular formula is C20H18BrF4NO4. The fourth-order valence-corrected chi connectivity index (χ4v) is 3.34. The largest absolute Gasteiger partial charge is 0.487 e. The van der Waals surface area contributed by atoms with E-state index in [1.54, 1.807) is 18.2 Å². The summed E-state index contributed by atoms with van der Waals surface area (Å²) in [5.41, 5.74) is -0.507. The number of esters is 1. The summed E-state index contributed by atoms with van der Waals surface area (Å²) in [5, 5.41) is 8.72. The second kappa shape index (κ2) is 9.22. The van der Waals surface area contributed by atoms with Crippen LogP contribution in [-0.2, 0) is 22.3 Å². The van der Waals surface area contributed by atoms with E-state index >= 15 is 0 Å². The molecule has 162 valence electrons. The molecule has 30 heavy (non-hydrogen) atoms. The number of ether oxygens (including phenoxy) is 2. The summed E-state index contributed by atoms with van der Waals surface area (Å²) in [6.45, 7) is 0.273. The molecule has 0 saturated carbocycles. The second-order valence-electron chi connectivity index (χ2n) is 6.71. The van der Waals surface area contributed by atoms with Crippen molar-refractivity contribution < 1.29 is 36.9 Å². The minimum atomic E-state index is -4.79. The van der Waals surface area contributed by atoms with Gasteiger partial charge in [-0.05, 0) is 35.9 Å². The van der Waals surface area contributed by atoms with E-state index in [-0.39, 0.29) is 31.3 Å². The zero-order valence-corrected chi connectivity index (χ0v) is 17.2. The molecule has 0 bridgehead atoms. The van der Waals surface area contributed by atoms with E-state index in [0.717, 1.165) is 16.6 Å². The molecule has 10 heteroatoms. The van der Waals surface area contributed by atoms with Crippen LogP contribution in [-0.4, -0.2) is 37.4 Å². The number of hydrogen-bond acceptors (Lipinski definition) is 5. The number of carbonyl (C=O) groups excluding carboxylic acids is 1. The Morgan fingerprint density at radius 2 is 1.93 bits per heavy atom. The predicted molar refractivity (Wildman–Crippen MR) is 104 cm³/mol. The minimum absolute atomic E-state index is 0.0574. The first-order chi connectivity index (χ1) is 14.2. The number of hydrogen-bond donors (Lipinski definition) is 1. The molecule has 0 atom stereocenters. The highest BCUT2D eigenvalue weighted by atomic mass is 79.9. The van der Waals surface area contributed by atoms with Gasteiger partial charge in [0.05, 0.1) is 23.8 Å². The highest BCUT2D eigenvalue weighted by Crippen LogP contribution is 2.37. The molecule has 2 aromatic rings. The van der Waals surface area contributed by atoms with E-state index in [4.69, 9.17) is 14.6 Å². The molecule has 1 heterocycles. The van der Waals surface area contributed by atoms with Gasteiger partial charge in [0.15, 0.2) is 0 Å². The van der Waals surface area contributed by atoms with Gasteiger partial charge >= 0.3 is 12.1 Å². The summed E-state index contributed by atoms with van der Waals surface area (Å²) in [6.07, 6.45) is -4.79. The zero-order chi connectivity index (χ0) is 21.9. The molecule has 1 aliphatic rings. The Kier molecular flexibility index (Phi) is 6.87. The van der Waals surface area contributed by atoms with Crippen molar-refractivity contribution in [2.45, 2.75) is 12.8 Å². The lowest BCUT2D eigenvalue weighted by Crippen LogP contribution is -2.51. The SMILES string of the molecule is O=C(OCCO)C1CN(c2cc(Br)ccc2OCc2ccc(F)c(C(F)(F)F)c2)C1. The molecule has 0 spiro atoms. The molecule has 1 N–H and O–H groups in total. The summed E-state index contributed by atoms with van der Waals surface area (Å²) in [5.74, 6) is -1.66. The third-order valence-corrected chi connectivity index (χ3v) is 5.04. The van der Waals surface area contributed by atoms with Gasteiger partial charge in [-0.25, -0.2) is 4.39 Å². The highest BCUT2D eigenvalue weighted by Gasteiger charge is 2.36. The van der Waals surface area contributed by atoms with Crippen molar-refractivity contribution in [1.82, 2.24) is 0 Å². The van der Waals surface area contributed by atoms with E-state index in [1.807, 2.05) is 4.90 Å². The van der Waals surface area contributed by atoms with E-state index in [1.165, 1.54) is 6.07 Å². The molecule has 5 nitrogen and oxygen atoms in total. The van der Waals surface area contributed by atoms with Crippen molar-refractivity contribution in [2.75, 3.05) is 31.2 Å². The third kappa shape index (κ3) is 5.23. The van der Waals surface area contributed by atoms with Crippen molar-refractivity contribution >= 4 is 27.6 Å². The van der Waals surface area contributed by atoms with E-state index in [2.05, 4.69) is 15.9 Å². The van der Waals surface area contributed by atoms with Gasteiger partial charge in [-0.3, -0.25) is 4.79 Å². The molecule has 1 aliphatic heterocycles. The van der Waals surface area contributed by atoms with Gasteiger partial charge in [-0.1, -0.05) is 22.0 Å². The average molecular weight is 492 g/mol. The number of benzene rings is 2. The van der Waals surface area contributed by atoms with Crippen LogP contribution in [0.3, 0.4) is 0 Å². The summed E-state index contributed by atoms with van der Waals surface area (Å²) < 4.78 is 63.5. The molecular weight excluding hydrogens is 474 g/mol. The lowest BCUT2D eigenvalue weighted by Gasteiger charge is -2.40. The zero-order valence-electron chi connectivity index (χ0n) is 15.6. The minimum Gasteiger partial charge on any atom is -0.487 e. The lowest BCUT2D eigenvalue weighted by molar-refractivity contribution is -0.150. The Morgan fingerprint density at radius 1 is 1.20 bits per heavy atom. The molecule has 0 amide bonds. The Hall–Kier alpha value is -2.33. The van der Waals surface area contributed by atoms with E-state index < -0.39 is 23.5 Å². The molecule has 0 aromatic heterocycles. The van der Waals surface area contributed by atoms with Crippen molar-refractivity contribution in [3.8, 4) is 5.75 Å². The second-order valence-corrected chi connectivity index (χ2v) is 7.62. The van der Waals surface area contributed by atoms with Crippen LogP contribution in [0.4, 0.5) is 23.2 Å². The average Bonchev–Trinajstić information content (AvgIpc) is 2.64. The van der Waals surface area contributed by atoms with Gasteiger partial charge in [-0.15, -0.1) is 0 Å². The number of nitrogens with zero attached hydrogens (tertiary/aromatic N) is 1. The first kappa shape index (κ1) is 22.4. The number of halogens is 5. The number of carbonyl (C=O) groups is 1. The van der Waals surface area contributed by atoms with Gasteiger partial charge in [0.1, 0.15) is 24.8 Å². The highest BCUT2D eigenvalue weighted by molar-refractivity contribution is 9.10. The molecule has 0 unspecified atom stereocenters. The molecule has 0 aliphatic carbocycles. The van der Waals surface area contributed by atoms with Crippen molar-refractivity contribution in [3.63, 3.8) is 0 Å². The summed E-state index contributed by atoms with van der Waals surface area (Å²) in [6, 6.07) is 7.88. The maximum absolute atomic E-state index is 13.5. The van der Waals surface area contributed by atoms with Crippen LogP contribution in [0, 0.1) is 11.7 Å². The molecule has 1 saturated heterocycles. The van der Waals surface area contributed by atoms with Crippen molar-refractivity contribution in [2.24, 2.45) is 5.92 Å². The topological polar surface area (TPSA) is 59.0 Å². The van der Waals surface area contributed by atoms with Gasteiger partial charge in [0.2, 0.25) is 0 Å². The number of rotatable bonds is 7. The Morgan fingerprint density at radius 3 is 2.60 bits per heavy atom. The van der Waals surface area contributed by atoms with Crippen LogP contribution in [0.1, 0.15) is 11.1 Å². The van der Waals surface area contributed by atoms with Crippen LogP contribution < -0.4 is 9.64 Å². The fourth-order valence-electron chi connectivity index (χ4n) is 2.99. The van der Waals surface area contributed by atoms with Crippen molar-refractivity contribution in [3.05, 3.63) is 57.8 Å². The quantitative estimate of drug-likeness (QED) is 0.465. The summed E-state index contributed by atoms with van der Waals surface area (Å²) in [4.78, 5) is 13.7. The number of alkyl halides is 3. The van der Waals surface area contributed by atoms with E-state index in [9.17, 15) is 22.4 Å². The van der Waals surface area contributed by atoms with Crippen LogP contribution in [0.2, 0.25) is 0 Å². The Bertz CT molecular complexity index is 916. The number of aliphatic hydroxyl groups is 1. The van der Waals surface area contributed by atoms with Crippen LogP contribution >= 0.6 is 15.9 Å². The summed E-state index contributed by atoms with van der Waals surface area (Å²) >= 11 is 3.36. The maximum atomic E-state index is 13.5. The van der Waals surface area contributed by atoms with Gasteiger partial charge in [0.25, 0.3) is 0 Å². The first-order valence-corrected chi connectivity index (χ1v) is 9.78. The number of anilines is 1. The lowest BCUT2D eigenvalue weighted by atomic mass is 9.99. The standard InChI is InChI=1S/C20H18BrF4NO4/c21-14-2-4-18(17(8-14)26-9-13(10-26)19(28)29-6-5-27)30-11-12-1-3-16(22)15(7-12)20(23,24)25/h1-4,7-8,13,27H,5-6,9-11H2.